The third kappa shape index (κ3) is 6.20. The Morgan fingerprint density at radius 3 is 2.45 bits per heavy atom. The summed E-state index contributed by atoms with van der Waals surface area (Å²) < 4.78 is 2.59. The average Bonchev–Trinajstić information content (AvgIpc) is 3.03. The molecule has 3 aromatic rings. The highest BCUT2D eigenvalue weighted by molar-refractivity contribution is 6.30. The summed E-state index contributed by atoms with van der Waals surface area (Å²) in [6.45, 7) is 6.06. The van der Waals surface area contributed by atoms with Crippen LogP contribution < -0.4 is 5.69 Å². The second kappa shape index (κ2) is 10.2. The molecular formula is C25H28ClN3O4. The smallest absolute Gasteiger partial charge is 0.346 e. The number of hydrogen-bond donors (Lipinski definition) is 1. The topological polar surface area (TPSA) is 94.2 Å². The number of Topliss-reactive ketones (excluding diaryl/α,β-unsaturated/α-hetero) is 1. The highest BCUT2D eigenvalue weighted by atomic mass is 35.5. The van der Waals surface area contributed by atoms with Gasteiger partial charge in [-0.1, -0.05) is 55.3 Å². The molecule has 3 rings (SSSR count). The maximum Gasteiger partial charge on any atom is 0.346 e. The number of aromatic nitrogens is 3. The number of rotatable bonds is 10. The lowest BCUT2D eigenvalue weighted by atomic mass is 9.79. The molecular weight excluding hydrogens is 442 g/mol. The van der Waals surface area contributed by atoms with E-state index in [0.29, 0.717) is 16.4 Å². The molecule has 0 aliphatic carbocycles. The fraction of sp³-hybridized carbons (Fsp3) is 0.360. The molecule has 7 nitrogen and oxygen atoms in total. The summed E-state index contributed by atoms with van der Waals surface area (Å²) >= 11 is 5.98. The number of benzene rings is 2. The molecule has 0 fully saturated rings. The van der Waals surface area contributed by atoms with Crippen LogP contribution in [0.1, 0.15) is 44.2 Å². The predicted molar refractivity (Wildman–Crippen MR) is 128 cm³/mol. The maximum absolute atomic E-state index is 13.1. The lowest BCUT2D eigenvalue weighted by Crippen LogP contribution is -2.30. The van der Waals surface area contributed by atoms with Crippen LogP contribution in [0.3, 0.4) is 0 Å². The van der Waals surface area contributed by atoms with E-state index >= 15 is 0 Å². The van der Waals surface area contributed by atoms with E-state index in [9.17, 15) is 14.4 Å². The van der Waals surface area contributed by atoms with Crippen LogP contribution in [0.25, 0.3) is 11.4 Å². The first-order chi connectivity index (χ1) is 15.6. The van der Waals surface area contributed by atoms with Crippen molar-refractivity contribution in [2.45, 2.75) is 58.5 Å². The molecule has 0 spiro atoms. The Morgan fingerprint density at radius 1 is 1.12 bits per heavy atom. The molecule has 2 aromatic carbocycles. The Labute approximate surface area is 197 Å². The molecule has 0 bridgehead atoms. The van der Waals surface area contributed by atoms with Crippen molar-refractivity contribution >= 4 is 23.4 Å². The van der Waals surface area contributed by atoms with Gasteiger partial charge in [-0.25, -0.2) is 9.48 Å². The summed E-state index contributed by atoms with van der Waals surface area (Å²) in [6, 6.07) is 14.9. The molecule has 0 saturated heterocycles. The van der Waals surface area contributed by atoms with E-state index in [1.807, 2.05) is 39.0 Å². The number of aliphatic carboxylic acids is 1. The largest absolute Gasteiger partial charge is 0.481 e. The number of halogens is 1. The van der Waals surface area contributed by atoms with Gasteiger partial charge in [0.25, 0.3) is 0 Å². The summed E-state index contributed by atoms with van der Waals surface area (Å²) in [4.78, 5) is 36.9. The molecule has 1 aromatic heterocycles. The highest BCUT2D eigenvalue weighted by Crippen LogP contribution is 2.28. The fourth-order valence-corrected chi connectivity index (χ4v) is 3.96. The normalized spacial score (nSPS) is 11.5. The van der Waals surface area contributed by atoms with E-state index in [0.717, 1.165) is 11.1 Å². The van der Waals surface area contributed by atoms with E-state index in [2.05, 4.69) is 11.2 Å². The van der Waals surface area contributed by atoms with E-state index in [-0.39, 0.29) is 38.1 Å². The van der Waals surface area contributed by atoms with Crippen molar-refractivity contribution in [2.75, 3.05) is 0 Å². The molecule has 0 aliphatic heterocycles. The van der Waals surface area contributed by atoms with Gasteiger partial charge < -0.3 is 5.11 Å². The zero-order valence-corrected chi connectivity index (χ0v) is 19.8. The molecule has 8 heteroatoms. The zero-order chi connectivity index (χ0) is 24.2. The molecule has 1 heterocycles. The predicted octanol–water partition coefficient (Wildman–Crippen LogP) is 4.48. The third-order valence-electron chi connectivity index (χ3n) is 5.56. The molecule has 1 N–H and O–H groups in total. The second-order valence-electron chi connectivity index (χ2n) is 8.89. The number of ketones is 1. The Kier molecular flexibility index (Phi) is 7.53. The maximum atomic E-state index is 13.1. The molecule has 0 amide bonds. The lowest BCUT2D eigenvalue weighted by molar-refractivity contribution is -0.137. The van der Waals surface area contributed by atoms with Crippen molar-refractivity contribution in [3.8, 4) is 11.4 Å². The van der Waals surface area contributed by atoms with Crippen LogP contribution in [0.15, 0.2) is 53.3 Å². The van der Waals surface area contributed by atoms with E-state index in [1.54, 1.807) is 24.3 Å². The monoisotopic (exact) mass is 469 g/mol. The molecule has 174 valence electrons. The number of aryl methyl sites for hydroxylation is 1. The Hall–Kier alpha value is -3.19. The second-order valence-corrected chi connectivity index (χ2v) is 9.32. The minimum atomic E-state index is -0.933. The van der Waals surface area contributed by atoms with Crippen LogP contribution in [0.2, 0.25) is 5.02 Å². The number of carbonyl (C=O) groups is 2. The molecule has 0 saturated carbocycles. The van der Waals surface area contributed by atoms with Crippen molar-refractivity contribution in [3.63, 3.8) is 0 Å². The van der Waals surface area contributed by atoms with Crippen LogP contribution in [-0.4, -0.2) is 31.2 Å². The van der Waals surface area contributed by atoms with Crippen molar-refractivity contribution < 1.29 is 14.7 Å². The number of carbonyl (C=O) groups excluding carboxylic acids is 1. The van der Waals surface area contributed by atoms with Crippen LogP contribution in [0.4, 0.5) is 0 Å². The van der Waals surface area contributed by atoms with Crippen molar-refractivity contribution in [2.24, 2.45) is 0 Å². The van der Waals surface area contributed by atoms with Gasteiger partial charge in [-0.2, -0.15) is 0 Å². The van der Waals surface area contributed by atoms with Gasteiger partial charge in [0, 0.05) is 30.0 Å². The van der Waals surface area contributed by atoms with Gasteiger partial charge in [0.15, 0.2) is 11.6 Å². The summed E-state index contributed by atoms with van der Waals surface area (Å²) in [5.41, 5.74) is 2.02. The zero-order valence-electron chi connectivity index (χ0n) is 19.0. The number of carboxylic acid groups (broad SMARTS) is 1. The Bertz CT molecular complexity index is 1210. The lowest BCUT2D eigenvalue weighted by Gasteiger charge is -2.24. The summed E-state index contributed by atoms with van der Waals surface area (Å²) in [7, 11) is 0. The standard InChI is InChI=1S/C25H28ClN3O4/c1-17-6-4-7-19(14-17)25(2,3)15-21(30)16-29-24(33)28(13-5-8-22(31)32)23(27-29)18-9-11-20(26)12-10-18/h4,6-7,9-12,14H,5,8,13,15-16H2,1-3H3,(H,31,32). The SMILES string of the molecule is Cc1cccc(C(C)(C)CC(=O)Cn2nc(-c3ccc(Cl)cc3)n(CCCC(=O)O)c2=O)c1. The van der Waals surface area contributed by atoms with Crippen LogP contribution in [-0.2, 0) is 28.1 Å². The summed E-state index contributed by atoms with van der Waals surface area (Å²) in [5.74, 6) is -0.661. The Morgan fingerprint density at radius 2 is 1.82 bits per heavy atom. The van der Waals surface area contributed by atoms with Gasteiger partial charge in [-0.05, 0) is 48.6 Å². The Balaban J connectivity index is 1.86. The van der Waals surface area contributed by atoms with Gasteiger partial charge in [-0.3, -0.25) is 14.2 Å². The summed E-state index contributed by atoms with van der Waals surface area (Å²) in [6.07, 6.45) is 0.461. The molecule has 0 unspecified atom stereocenters. The van der Waals surface area contributed by atoms with Crippen LogP contribution in [0, 0.1) is 6.92 Å². The fourth-order valence-electron chi connectivity index (χ4n) is 3.83. The third-order valence-corrected chi connectivity index (χ3v) is 5.81. The van der Waals surface area contributed by atoms with Gasteiger partial charge >= 0.3 is 11.7 Å². The molecule has 0 radical (unpaired) electrons. The average molecular weight is 470 g/mol. The first kappa shape index (κ1) is 24.5. The minimum absolute atomic E-state index is 0.0682. The van der Waals surface area contributed by atoms with E-state index < -0.39 is 17.1 Å². The summed E-state index contributed by atoms with van der Waals surface area (Å²) in [5, 5.41) is 13.9. The molecule has 0 atom stereocenters. The van der Waals surface area contributed by atoms with Gasteiger partial charge in [0.05, 0.1) is 0 Å². The number of carboxylic acids is 1. The van der Waals surface area contributed by atoms with Gasteiger partial charge in [0.1, 0.15) is 6.54 Å². The first-order valence-corrected chi connectivity index (χ1v) is 11.2. The first-order valence-electron chi connectivity index (χ1n) is 10.8. The van der Waals surface area contributed by atoms with Gasteiger partial charge in [-0.15, -0.1) is 5.10 Å². The van der Waals surface area contributed by atoms with Crippen LogP contribution in [0.5, 0.6) is 0 Å². The minimum Gasteiger partial charge on any atom is -0.481 e. The quantitative estimate of drug-likeness (QED) is 0.472. The van der Waals surface area contributed by atoms with E-state index in [1.165, 1.54) is 9.25 Å². The molecule has 33 heavy (non-hydrogen) atoms. The highest BCUT2D eigenvalue weighted by Gasteiger charge is 2.26. The van der Waals surface area contributed by atoms with E-state index in [4.69, 9.17) is 16.7 Å². The van der Waals surface area contributed by atoms with Crippen molar-refractivity contribution in [1.29, 1.82) is 0 Å². The van der Waals surface area contributed by atoms with Gasteiger partial charge in [0.2, 0.25) is 0 Å². The number of hydrogen-bond acceptors (Lipinski definition) is 4. The molecule has 0 aliphatic rings. The van der Waals surface area contributed by atoms with Crippen molar-refractivity contribution in [3.05, 3.63) is 75.2 Å². The number of nitrogens with zero attached hydrogens (tertiary/aromatic N) is 3. The van der Waals surface area contributed by atoms with Crippen molar-refractivity contribution in [1.82, 2.24) is 14.3 Å². The van der Waals surface area contributed by atoms with Crippen LogP contribution >= 0.6 is 11.6 Å².